The molecule has 0 amide bonds. The van der Waals surface area contributed by atoms with Crippen molar-refractivity contribution in [3.8, 4) is 11.1 Å². The average Bonchev–Trinajstić information content (AvgIpc) is 2.77. The molecule has 6 rings (SSSR count). The number of benzene rings is 6. The van der Waals surface area contributed by atoms with Crippen molar-refractivity contribution in [2.24, 2.45) is 0 Å². The van der Waals surface area contributed by atoms with Gasteiger partial charge in [0, 0.05) is 4.90 Å². The lowest BCUT2D eigenvalue weighted by atomic mass is 9.87. The number of thioether (sulfide) groups is 1. The predicted molar refractivity (Wildman–Crippen MR) is 125 cm³/mol. The molecule has 132 valence electrons. The van der Waals surface area contributed by atoms with Crippen molar-refractivity contribution >= 4 is 54.9 Å². The highest BCUT2D eigenvalue weighted by molar-refractivity contribution is 7.98. The lowest BCUT2D eigenvalue weighted by Gasteiger charge is -2.16. The van der Waals surface area contributed by atoms with Crippen molar-refractivity contribution in [2.75, 3.05) is 6.26 Å². The molecule has 0 nitrogen and oxygen atoms in total. The molecule has 0 heterocycles. The van der Waals surface area contributed by atoms with Crippen LogP contribution in [0.3, 0.4) is 0 Å². The van der Waals surface area contributed by atoms with Crippen molar-refractivity contribution in [1.82, 2.24) is 0 Å². The van der Waals surface area contributed by atoms with Crippen LogP contribution in [0.2, 0.25) is 0 Å². The van der Waals surface area contributed by atoms with Crippen LogP contribution in [-0.4, -0.2) is 6.26 Å². The van der Waals surface area contributed by atoms with E-state index in [1.165, 1.54) is 59.1 Å². The van der Waals surface area contributed by atoms with Gasteiger partial charge in [0.25, 0.3) is 0 Å². The molecule has 0 saturated carbocycles. The van der Waals surface area contributed by atoms with Gasteiger partial charge >= 0.3 is 0 Å². The van der Waals surface area contributed by atoms with E-state index in [2.05, 4.69) is 97.3 Å². The van der Waals surface area contributed by atoms with Crippen LogP contribution >= 0.6 is 11.8 Å². The van der Waals surface area contributed by atoms with Crippen LogP contribution in [0.15, 0.2) is 95.9 Å². The Labute approximate surface area is 168 Å². The molecule has 6 aromatic carbocycles. The topological polar surface area (TPSA) is 0 Å². The molecule has 28 heavy (non-hydrogen) atoms. The Bertz CT molecular complexity index is 1430. The first-order chi connectivity index (χ1) is 13.8. The quantitative estimate of drug-likeness (QED) is 0.167. The highest BCUT2D eigenvalue weighted by Gasteiger charge is 2.14. The molecule has 0 aliphatic rings. The molecule has 0 N–H and O–H groups in total. The lowest BCUT2D eigenvalue weighted by molar-refractivity contribution is 1.47. The fourth-order valence-corrected chi connectivity index (χ4v) is 5.08. The predicted octanol–water partition coefficient (Wildman–Crippen LogP) is 8.13. The molecule has 0 aliphatic carbocycles. The van der Waals surface area contributed by atoms with Gasteiger partial charge in [0.05, 0.1) is 0 Å². The Morgan fingerprint density at radius 2 is 1.07 bits per heavy atom. The van der Waals surface area contributed by atoms with Gasteiger partial charge in [0.15, 0.2) is 0 Å². The first kappa shape index (κ1) is 16.0. The van der Waals surface area contributed by atoms with Crippen LogP contribution < -0.4 is 0 Å². The minimum absolute atomic E-state index is 1.28. The zero-order valence-electron chi connectivity index (χ0n) is 15.6. The molecular formula is C27H18S. The molecule has 0 fully saturated rings. The summed E-state index contributed by atoms with van der Waals surface area (Å²) in [6.45, 7) is 0. The standard InChI is InChI=1S/C27H18S/c1-28-19-13-11-17(12-14-19)20-15-16-25-23-8-3-6-18-5-2-7-22(26(18)23)24-10-4-9-21(20)27(24)25/h2-16H,1H3. The first-order valence-corrected chi connectivity index (χ1v) is 10.8. The number of hydrogen-bond donors (Lipinski definition) is 0. The Balaban J connectivity index is 1.79. The normalized spacial score (nSPS) is 11.9. The third-order valence-electron chi connectivity index (χ3n) is 5.93. The smallest absolute Gasteiger partial charge is 0.00695 e. The van der Waals surface area contributed by atoms with E-state index in [0.29, 0.717) is 0 Å². The SMILES string of the molecule is CSc1ccc(-c2ccc3c4cccc5cccc(c6cccc2c63)c54)cc1. The largest absolute Gasteiger partial charge is 0.130 e. The Morgan fingerprint density at radius 3 is 1.75 bits per heavy atom. The number of rotatable bonds is 2. The summed E-state index contributed by atoms with van der Waals surface area (Å²) >= 11 is 1.78. The summed E-state index contributed by atoms with van der Waals surface area (Å²) in [6, 6.07) is 33.6. The highest BCUT2D eigenvalue weighted by atomic mass is 32.2. The van der Waals surface area contributed by atoms with Gasteiger partial charge in [-0.05, 0) is 72.6 Å². The summed E-state index contributed by atoms with van der Waals surface area (Å²) in [4.78, 5) is 1.30. The summed E-state index contributed by atoms with van der Waals surface area (Å²) in [5, 5.41) is 10.8. The second-order valence-corrected chi connectivity index (χ2v) is 8.21. The van der Waals surface area contributed by atoms with Crippen molar-refractivity contribution < 1.29 is 0 Å². The summed E-state index contributed by atoms with van der Waals surface area (Å²) in [5.74, 6) is 0. The Morgan fingerprint density at radius 1 is 0.500 bits per heavy atom. The second-order valence-electron chi connectivity index (χ2n) is 7.33. The monoisotopic (exact) mass is 374 g/mol. The van der Waals surface area contributed by atoms with Crippen LogP contribution in [0.25, 0.3) is 54.2 Å². The maximum Gasteiger partial charge on any atom is 0.00695 e. The van der Waals surface area contributed by atoms with Crippen molar-refractivity contribution in [3.63, 3.8) is 0 Å². The van der Waals surface area contributed by atoms with E-state index in [1.807, 2.05) is 0 Å². The second kappa shape index (κ2) is 5.98. The molecule has 6 aromatic rings. The Kier molecular flexibility index (Phi) is 3.41. The van der Waals surface area contributed by atoms with Crippen molar-refractivity contribution in [1.29, 1.82) is 0 Å². The molecule has 0 aromatic heterocycles. The fourth-order valence-electron chi connectivity index (χ4n) is 4.67. The molecule has 0 bridgehead atoms. The first-order valence-electron chi connectivity index (χ1n) is 9.58. The third kappa shape index (κ3) is 2.14. The van der Waals surface area contributed by atoms with Crippen LogP contribution in [0.5, 0.6) is 0 Å². The highest BCUT2D eigenvalue weighted by Crippen LogP contribution is 2.42. The minimum atomic E-state index is 1.28. The van der Waals surface area contributed by atoms with Gasteiger partial charge in [-0.15, -0.1) is 11.8 Å². The van der Waals surface area contributed by atoms with Crippen LogP contribution in [-0.2, 0) is 0 Å². The van der Waals surface area contributed by atoms with E-state index >= 15 is 0 Å². The van der Waals surface area contributed by atoms with Gasteiger partial charge in [0.1, 0.15) is 0 Å². The third-order valence-corrected chi connectivity index (χ3v) is 6.67. The van der Waals surface area contributed by atoms with Crippen LogP contribution in [0.1, 0.15) is 0 Å². The van der Waals surface area contributed by atoms with E-state index in [9.17, 15) is 0 Å². The van der Waals surface area contributed by atoms with E-state index in [4.69, 9.17) is 0 Å². The lowest BCUT2D eigenvalue weighted by Crippen LogP contribution is -1.89. The zero-order valence-corrected chi connectivity index (χ0v) is 16.4. The van der Waals surface area contributed by atoms with Gasteiger partial charge in [0.2, 0.25) is 0 Å². The van der Waals surface area contributed by atoms with Crippen LogP contribution in [0, 0.1) is 0 Å². The van der Waals surface area contributed by atoms with Crippen LogP contribution in [0.4, 0.5) is 0 Å². The molecule has 0 saturated heterocycles. The van der Waals surface area contributed by atoms with Gasteiger partial charge in [-0.25, -0.2) is 0 Å². The Hall–Kier alpha value is -3.03. The maximum atomic E-state index is 2.31. The summed E-state index contributed by atoms with van der Waals surface area (Å²) in [5.41, 5.74) is 2.58. The van der Waals surface area contributed by atoms with Gasteiger partial charge in [-0.2, -0.15) is 0 Å². The molecule has 0 unspecified atom stereocenters. The maximum absolute atomic E-state index is 2.31. The van der Waals surface area contributed by atoms with E-state index in [0.717, 1.165) is 0 Å². The molecule has 1 heteroatoms. The molecule has 0 radical (unpaired) electrons. The van der Waals surface area contributed by atoms with Gasteiger partial charge in [-0.1, -0.05) is 78.9 Å². The van der Waals surface area contributed by atoms with Gasteiger partial charge < -0.3 is 0 Å². The summed E-state index contributed by atoms with van der Waals surface area (Å²) in [7, 11) is 0. The average molecular weight is 375 g/mol. The fraction of sp³-hybridized carbons (Fsp3) is 0.0370. The van der Waals surface area contributed by atoms with E-state index in [-0.39, 0.29) is 0 Å². The number of fused-ring (bicyclic) bond motifs is 2. The number of hydrogen-bond acceptors (Lipinski definition) is 1. The van der Waals surface area contributed by atoms with E-state index < -0.39 is 0 Å². The zero-order chi connectivity index (χ0) is 18.7. The van der Waals surface area contributed by atoms with Crippen molar-refractivity contribution in [3.05, 3.63) is 91.0 Å². The molecule has 0 atom stereocenters. The van der Waals surface area contributed by atoms with Gasteiger partial charge in [-0.3, -0.25) is 0 Å². The molecular weight excluding hydrogens is 356 g/mol. The molecule has 0 aliphatic heterocycles. The summed E-state index contributed by atoms with van der Waals surface area (Å²) < 4.78 is 0. The minimum Gasteiger partial charge on any atom is -0.130 e. The van der Waals surface area contributed by atoms with E-state index in [1.54, 1.807) is 11.8 Å². The molecule has 0 spiro atoms. The summed E-state index contributed by atoms with van der Waals surface area (Å²) in [6.07, 6.45) is 2.12. The van der Waals surface area contributed by atoms with Crippen molar-refractivity contribution in [2.45, 2.75) is 4.90 Å².